The van der Waals surface area contributed by atoms with Gasteiger partial charge in [0.25, 0.3) is 0 Å². The van der Waals surface area contributed by atoms with Crippen LogP contribution in [0.15, 0.2) is 67.1 Å². The Kier molecular flexibility index (Phi) is 5.13. The molecule has 2 bridgehead atoms. The first kappa shape index (κ1) is 19.1. The number of nitrogens with two attached hydrogens (primary N) is 1. The van der Waals surface area contributed by atoms with Crippen LogP contribution in [0.4, 0.5) is 0 Å². The third-order valence-electron chi connectivity index (χ3n) is 6.87. The van der Waals surface area contributed by atoms with Crippen LogP contribution in [0.3, 0.4) is 0 Å². The highest BCUT2D eigenvalue weighted by Gasteiger charge is 2.41. The second-order valence-corrected chi connectivity index (χ2v) is 8.71. The first-order valence-electron chi connectivity index (χ1n) is 10.9. The van der Waals surface area contributed by atoms with Gasteiger partial charge in [-0.1, -0.05) is 42.5 Å². The lowest BCUT2D eigenvalue weighted by molar-refractivity contribution is 0.0999. The highest BCUT2D eigenvalue weighted by molar-refractivity contribution is 5.92. The van der Waals surface area contributed by atoms with Crippen LogP contribution < -0.4 is 5.73 Å². The van der Waals surface area contributed by atoms with E-state index in [-0.39, 0.29) is 5.91 Å². The molecule has 2 aliphatic heterocycles. The van der Waals surface area contributed by atoms with E-state index in [0.29, 0.717) is 23.6 Å². The van der Waals surface area contributed by atoms with Crippen molar-refractivity contribution in [2.75, 3.05) is 0 Å². The van der Waals surface area contributed by atoms with Gasteiger partial charge in [-0.3, -0.25) is 9.69 Å². The second kappa shape index (κ2) is 8.07. The molecule has 2 saturated heterocycles. The van der Waals surface area contributed by atoms with Gasteiger partial charge in [-0.15, -0.1) is 0 Å². The molecule has 5 heteroatoms. The molecule has 2 aliphatic rings. The number of benzene rings is 2. The zero-order chi connectivity index (χ0) is 20.5. The molecule has 2 aromatic carbocycles. The average Bonchev–Trinajstić information content (AvgIpc) is 3.28. The van der Waals surface area contributed by atoms with E-state index in [4.69, 9.17) is 5.73 Å². The van der Waals surface area contributed by atoms with Crippen molar-refractivity contribution < 1.29 is 4.79 Å². The minimum atomic E-state index is -0.344. The van der Waals surface area contributed by atoms with Gasteiger partial charge >= 0.3 is 0 Å². The van der Waals surface area contributed by atoms with Gasteiger partial charge in [0.1, 0.15) is 0 Å². The second-order valence-electron chi connectivity index (χ2n) is 8.71. The Bertz CT molecular complexity index is 1010. The highest BCUT2D eigenvalue weighted by Crippen LogP contribution is 2.43. The molecular formula is C25H28N4O. The number of amides is 1. The van der Waals surface area contributed by atoms with Crippen LogP contribution in [-0.2, 0) is 13.1 Å². The summed E-state index contributed by atoms with van der Waals surface area (Å²) in [6, 6.07) is 19.7. The molecule has 2 fully saturated rings. The van der Waals surface area contributed by atoms with Crippen molar-refractivity contribution in [2.24, 2.45) is 5.73 Å². The predicted molar refractivity (Wildman–Crippen MR) is 117 cm³/mol. The number of primary amides is 1. The molecule has 2 N–H and O–H groups in total. The van der Waals surface area contributed by atoms with Crippen LogP contribution in [0.25, 0.3) is 0 Å². The molecule has 2 atom stereocenters. The first-order valence-corrected chi connectivity index (χ1v) is 10.9. The number of hydrogen-bond acceptors (Lipinski definition) is 3. The molecular weight excluding hydrogens is 372 g/mol. The van der Waals surface area contributed by atoms with Crippen LogP contribution in [0.5, 0.6) is 0 Å². The van der Waals surface area contributed by atoms with Crippen molar-refractivity contribution in [1.82, 2.24) is 14.5 Å². The summed E-state index contributed by atoms with van der Waals surface area (Å²) in [6.07, 6.45) is 8.77. The SMILES string of the molecule is NC(=O)c1cccc(C2CC3CCC(C2)N3Cc2cncn2Cc2ccccc2)c1. The number of aromatic nitrogens is 2. The molecule has 0 aliphatic carbocycles. The molecule has 154 valence electrons. The van der Waals surface area contributed by atoms with E-state index >= 15 is 0 Å². The van der Waals surface area contributed by atoms with Crippen LogP contribution in [0.2, 0.25) is 0 Å². The van der Waals surface area contributed by atoms with Crippen molar-refractivity contribution in [3.8, 4) is 0 Å². The number of fused-ring (bicyclic) bond motifs is 2. The zero-order valence-corrected chi connectivity index (χ0v) is 17.2. The van der Waals surface area contributed by atoms with Crippen molar-refractivity contribution in [3.05, 3.63) is 89.5 Å². The maximum atomic E-state index is 11.6. The number of imidazole rings is 1. The van der Waals surface area contributed by atoms with Gasteiger partial charge in [0, 0.05) is 36.9 Å². The maximum Gasteiger partial charge on any atom is 0.248 e. The summed E-state index contributed by atoms with van der Waals surface area (Å²) in [5.41, 5.74) is 9.95. The summed E-state index contributed by atoms with van der Waals surface area (Å²) in [5.74, 6) is 0.163. The van der Waals surface area contributed by atoms with Gasteiger partial charge in [-0.2, -0.15) is 0 Å². The summed E-state index contributed by atoms with van der Waals surface area (Å²) in [4.78, 5) is 18.7. The monoisotopic (exact) mass is 400 g/mol. The van der Waals surface area contributed by atoms with Crippen LogP contribution in [0, 0.1) is 0 Å². The van der Waals surface area contributed by atoms with E-state index in [1.54, 1.807) is 0 Å². The molecule has 30 heavy (non-hydrogen) atoms. The lowest BCUT2D eigenvalue weighted by Crippen LogP contribution is -2.42. The molecule has 1 amide bonds. The van der Waals surface area contributed by atoms with E-state index < -0.39 is 0 Å². The Hall–Kier alpha value is -2.92. The Morgan fingerprint density at radius 2 is 1.77 bits per heavy atom. The normalized spacial score (nSPS) is 23.5. The van der Waals surface area contributed by atoms with Gasteiger partial charge in [0.05, 0.1) is 12.0 Å². The average molecular weight is 401 g/mol. The van der Waals surface area contributed by atoms with Crippen LogP contribution in [-0.4, -0.2) is 32.4 Å². The standard InChI is InChI=1S/C25H28N4O/c26-25(30)20-8-4-7-19(11-20)21-12-22-9-10-23(13-21)29(22)16-24-14-27-17-28(24)15-18-5-2-1-3-6-18/h1-8,11,14,17,21-23H,9-10,12-13,15-16H2,(H2,26,30). The van der Waals surface area contributed by atoms with Crippen molar-refractivity contribution in [1.29, 1.82) is 0 Å². The summed E-state index contributed by atoms with van der Waals surface area (Å²) in [6.45, 7) is 1.82. The van der Waals surface area contributed by atoms with E-state index in [0.717, 1.165) is 25.9 Å². The largest absolute Gasteiger partial charge is 0.366 e. The minimum Gasteiger partial charge on any atom is -0.366 e. The Morgan fingerprint density at radius 1 is 1.00 bits per heavy atom. The molecule has 3 aromatic rings. The van der Waals surface area contributed by atoms with Gasteiger partial charge in [0.15, 0.2) is 0 Å². The van der Waals surface area contributed by atoms with Gasteiger partial charge in [-0.25, -0.2) is 4.98 Å². The summed E-state index contributed by atoms with van der Waals surface area (Å²) in [5, 5.41) is 0. The molecule has 5 nitrogen and oxygen atoms in total. The molecule has 1 aromatic heterocycles. The number of hydrogen-bond donors (Lipinski definition) is 1. The third kappa shape index (κ3) is 3.77. The molecule has 2 unspecified atom stereocenters. The van der Waals surface area contributed by atoms with Crippen molar-refractivity contribution in [2.45, 2.75) is 56.8 Å². The van der Waals surface area contributed by atoms with Crippen LogP contribution in [0.1, 0.15) is 58.8 Å². The van der Waals surface area contributed by atoms with Crippen molar-refractivity contribution in [3.63, 3.8) is 0 Å². The summed E-state index contributed by atoms with van der Waals surface area (Å²) >= 11 is 0. The molecule has 5 rings (SSSR count). The number of carbonyl (C=O) groups is 1. The Morgan fingerprint density at radius 3 is 2.50 bits per heavy atom. The zero-order valence-electron chi connectivity index (χ0n) is 17.2. The predicted octanol–water partition coefficient (Wildman–Crippen LogP) is 3.94. The van der Waals surface area contributed by atoms with Crippen LogP contribution >= 0.6 is 0 Å². The lowest BCUT2D eigenvalue weighted by Gasteiger charge is -2.39. The van der Waals surface area contributed by atoms with Gasteiger partial charge < -0.3 is 10.3 Å². The topological polar surface area (TPSA) is 64.2 Å². The fraction of sp³-hybridized carbons (Fsp3) is 0.360. The highest BCUT2D eigenvalue weighted by atomic mass is 16.1. The number of rotatable bonds is 6. The lowest BCUT2D eigenvalue weighted by atomic mass is 9.84. The molecule has 3 heterocycles. The van der Waals surface area contributed by atoms with Gasteiger partial charge in [-0.05, 0) is 54.9 Å². The maximum absolute atomic E-state index is 11.6. The van der Waals surface area contributed by atoms with E-state index in [2.05, 4.69) is 50.8 Å². The minimum absolute atomic E-state index is 0.344. The number of carbonyl (C=O) groups excluding carboxylic acids is 1. The van der Waals surface area contributed by atoms with E-state index in [1.165, 1.54) is 29.7 Å². The summed E-state index contributed by atoms with van der Waals surface area (Å²) in [7, 11) is 0. The Labute approximate surface area is 177 Å². The van der Waals surface area contributed by atoms with Gasteiger partial charge in [0.2, 0.25) is 5.91 Å². The fourth-order valence-electron chi connectivity index (χ4n) is 5.34. The Balaban J connectivity index is 1.29. The molecule has 0 radical (unpaired) electrons. The third-order valence-corrected chi connectivity index (χ3v) is 6.87. The first-order chi connectivity index (χ1) is 14.7. The van der Waals surface area contributed by atoms with E-state index in [9.17, 15) is 4.79 Å². The molecule has 0 saturated carbocycles. The number of nitrogens with zero attached hydrogens (tertiary/aromatic N) is 3. The summed E-state index contributed by atoms with van der Waals surface area (Å²) < 4.78 is 2.27. The quantitative estimate of drug-likeness (QED) is 0.682. The smallest absolute Gasteiger partial charge is 0.248 e. The van der Waals surface area contributed by atoms with E-state index in [1.807, 2.05) is 30.7 Å². The van der Waals surface area contributed by atoms with Crippen molar-refractivity contribution >= 4 is 5.91 Å². The molecule has 0 spiro atoms. The number of piperidine rings is 1. The fourth-order valence-corrected chi connectivity index (χ4v) is 5.34.